The summed E-state index contributed by atoms with van der Waals surface area (Å²) in [7, 11) is -3.26. The Kier molecular flexibility index (Phi) is 7.14. The van der Waals surface area contributed by atoms with E-state index >= 15 is 0 Å². The third-order valence-corrected chi connectivity index (χ3v) is 9.57. The Bertz CT molecular complexity index is 1440. The third-order valence-electron chi connectivity index (χ3n) is 7.52. The maximum absolute atomic E-state index is 14.3. The van der Waals surface area contributed by atoms with Crippen molar-refractivity contribution in [2.24, 2.45) is 10.3 Å². The minimum Gasteiger partial charge on any atom is -0.453 e. The number of ether oxygens (including phenoxy) is 2. The van der Waals surface area contributed by atoms with Gasteiger partial charge in [-0.05, 0) is 86.6 Å². The molecule has 1 aliphatic heterocycles. The van der Waals surface area contributed by atoms with E-state index in [9.17, 15) is 22.5 Å². The smallest absolute Gasteiger partial charge is 0.453 e. The van der Waals surface area contributed by atoms with Crippen LogP contribution in [0.1, 0.15) is 32.1 Å². The number of aliphatic hydroxyl groups excluding tert-OH is 1. The SMILES string of the molecule is O=S(=NCC1CC1)(N[C@H]1CCC[C@@H](N2c3ccccc3Oc3ccccc32)[C@@H]1O)c1ccc(OC(F)(F)F)cc1. The highest BCUT2D eigenvalue weighted by Gasteiger charge is 2.41. The topological polar surface area (TPSA) is 83.4 Å². The van der Waals surface area contributed by atoms with Gasteiger partial charge in [0.25, 0.3) is 0 Å². The molecule has 1 heterocycles. The quantitative estimate of drug-likeness (QED) is 0.335. The fourth-order valence-corrected chi connectivity index (χ4v) is 7.33. The van der Waals surface area contributed by atoms with E-state index < -0.39 is 34.2 Å². The Morgan fingerprint density at radius 3 is 2.17 bits per heavy atom. The van der Waals surface area contributed by atoms with Gasteiger partial charge in [0.2, 0.25) is 0 Å². The van der Waals surface area contributed by atoms with Crippen LogP contribution in [-0.2, 0) is 9.92 Å². The van der Waals surface area contributed by atoms with Gasteiger partial charge in [-0.1, -0.05) is 24.3 Å². The van der Waals surface area contributed by atoms with E-state index in [1.165, 1.54) is 12.1 Å². The predicted molar refractivity (Wildman–Crippen MR) is 145 cm³/mol. The van der Waals surface area contributed by atoms with Crippen molar-refractivity contribution in [1.82, 2.24) is 4.72 Å². The van der Waals surface area contributed by atoms with Crippen molar-refractivity contribution in [2.45, 2.75) is 61.5 Å². The number of aliphatic hydroxyl groups is 1. The van der Waals surface area contributed by atoms with E-state index in [0.29, 0.717) is 36.8 Å². The maximum atomic E-state index is 14.3. The van der Waals surface area contributed by atoms with Crippen molar-refractivity contribution in [1.29, 1.82) is 0 Å². The number of fused-ring (bicyclic) bond motifs is 2. The van der Waals surface area contributed by atoms with E-state index in [2.05, 4.69) is 18.7 Å². The molecule has 3 aromatic rings. The largest absolute Gasteiger partial charge is 0.573 e. The van der Waals surface area contributed by atoms with Gasteiger partial charge in [0.1, 0.15) is 15.7 Å². The number of hydrogen-bond acceptors (Lipinski definition) is 6. The van der Waals surface area contributed by atoms with Crippen LogP contribution in [0.25, 0.3) is 0 Å². The minimum atomic E-state index is -4.82. The average molecular weight is 574 g/mol. The molecule has 0 bridgehead atoms. The fraction of sp³-hybridized carbons (Fsp3) is 0.379. The van der Waals surface area contributed by atoms with Crippen molar-refractivity contribution >= 4 is 21.3 Å². The first-order valence-corrected chi connectivity index (χ1v) is 14.9. The molecule has 2 aliphatic carbocycles. The molecule has 6 rings (SSSR count). The maximum Gasteiger partial charge on any atom is 0.573 e. The van der Waals surface area contributed by atoms with Gasteiger partial charge in [0.15, 0.2) is 11.5 Å². The zero-order valence-corrected chi connectivity index (χ0v) is 22.4. The Labute approximate surface area is 231 Å². The summed E-state index contributed by atoms with van der Waals surface area (Å²) in [4.78, 5) is 2.35. The number of hydrogen-bond donors (Lipinski definition) is 2. The molecule has 0 radical (unpaired) electrons. The summed E-state index contributed by atoms with van der Waals surface area (Å²) in [5, 5.41) is 11.7. The molecule has 7 nitrogen and oxygen atoms in total. The summed E-state index contributed by atoms with van der Waals surface area (Å²) in [6, 6.07) is 19.4. The zero-order valence-electron chi connectivity index (χ0n) is 21.6. The molecular formula is C29H30F3N3O4S. The van der Waals surface area contributed by atoms with Crippen molar-refractivity contribution in [2.75, 3.05) is 11.4 Å². The molecule has 4 atom stereocenters. The summed E-state index contributed by atoms with van der Waals surface area (Å²) in [6.07, 6.45) is -1.71. The predicted octanol–water partition coefficient (Wildman–Crippen LogP) is 6.55. The minimum absolute atomic E-state index is 0.249. The Hall–Kier alpha value is -3.28. The lowest BCUT2D eigenvalue weighted by atomic mass is 9.86. The van der Waals surface area contributed by atoms with Crippen molar-refractivity contribution < 1.29 is 32.0 Å². The van der Waals surface area contributed by atoms with E-state index in [4.69, 9.17) is 4.74 Å². The molecule has 2 fully saturated rings. The fourth-order valence-electron chi connectivity index (χ4n) is 5.38. The highest BCUT2D eigenvalue weighted by atomic mass is 32.2. The molecule has 0 spiro atoms. The van der Waals surface area contributed by atoms with E-state index in [0.717, 1.165) is 42.8 Å². The van der Waals surface area contributed by atoms with Gasteiger partial charge >= 0.3 is 6.36 Å². The molecule has 2 saturated carbocycles. The Balaban J connectivity index is 1.30. The molecule has 11 heteroatoms. The van der Waals surface area contributed by atoms with Gasteiger partial charge in [-0.15, -0.1) is 13.2 Å². The first-order valence-electron chi connectivity index (χ1n) is 13.4. The molecule has 0 aromatic heterocycles. The van der Waals surface area contributed by atoms with Crippen LogP contribution < -0.4 is 19.1 Å². The highest BCUT2D eigenvalue weighted by molar-refractivity contribution is 7.91. The molecule has 0 amide bonds. The number of nitrogens with one attached hydrogen (secondary N) is 1. The molecule has 1 unspecified atom stereocenters. The molecular weight excluding hydrogens is 543 g/mol. The summed E-state index contributed by atoms with van der Waals surface area (Å²) < 4.78 is 70.1. The lowest BCUT2D eigenvalue weighted by Gasteiger charge is -2.45. The van der Waals surface area contributed by atoms with Crippen LogP contribution in [0, 0.1) is 5.92 Å². The molecule has 3 aromatic carbocycles. The van der Waals surface area contributed by atoms with Crippen molar-refractivity contribution in [3.8, 4) is 17.2 Å². The van der Waals surface area contributed by atoms with Crippen LogP contribution in [0.15, 0.2) is 82.1 Å². The number of halogens is 3. The number of anilines is 2. The van der Waals surface area contributed by atoms with Crippen LogP contribution in [0.3, 0.4) is 0 Å². The van der Waals surface area contributed by atoms with Crippen molar-refractivity contribution in [3.05, 3.63) is 72.8 Å². The van der Waals surface area contributed by atoms with Gasteiger partial charge in [-0.25, -0.2) is 13.3 Å². The van der Waals surface area contributed by atoms with Crippen LogP contribution in [0.2, 0.25) is 0 Å². The molecule has 0 saturated heterocycles. The number of rotatable bonds is 7. The lowest BCUT2D eigenvalue weighted by Crippen LogP contribution is -2.56. The zero-order chi connectivity index (χ0) is 27.9. The monoisotopic (exact) mass is 573 g/mol. The van der Waals surface area contributed by atoms with Gasteiger partial charge < -0.3 is 19.5 Å². The number of alkyl halides is 3. The van der Waals surface area contributed by atoms with Gasteiger partial charge in [0.05, 0.1) is 35.0 Å². The van der Waals surface area contributed by atoms with E-state index in [-0.39, 0.29) is 10.9 Å². The van der Waals surface area contributed by atoms with Crippen LogP contribution >= 0.6 is 0 Å². The second kappa shape index (κ2) is 10.6. The number of nitrogens with zero attached hydrogens (tertiary/aromatic N) is 2. The van der Waals surface area contributed by atoms with Gasteiger partial charge in [0, 0.05) is 6.04 Å². The van der Waals surface area contributed by atoms with Crippen molar-refractivity contribution in [3.63, 3.8) is 0 Å². The second-order valence-corrected chi connectivity index (χ2v) is 12.4. The van der Waals surface area contributed by atoms with E-state index in [1.807, 2.05) is 48.5 Å². The molecule has 2 N–H and O–H groups in total. The van der Waals surface area contributed by atoms with Crippen LogP contribution in [0.5, 0.6) is 17.2 Å². The van der Waals surface area contributed by atoms with Gasteiger partial charge in [-0.3, -0.25) is 0 Å². The van der Waals surface area contributed by atoms with E-state index in [1.54, 1.807) is 0 Å². The first kappa shape index (κ1) is 26.9. The molecule has 3 aliphatic rings. The Morgan fingerprint density at radius 2 is 1.57 bits per heavy atom. The molecule has 40 heavy (non-hydrogen) atoms. The third kappa shape index (κ3) is 5.63. The summed E-state index contributed by atoms with van der Waals surface area (Å²) in [6.45, 7) is 0.378. The first-order chi connectivity index (χ1) is 19.2. The Morgan fingerprint density at radius 1 is 0.950 bits per heavy atom. The lowest BCUT2D eigenvalue weighted by molar-refractivity contribution is -0.274. The summed E-state index contributed by atoms with van der Waals surface area (Å²) in [5.74, 6) is 1.32. The normalized spacial score (nSPS) is 23.8. The molecule has 212 valence electrons. The summed E-state index contributed by atoms with van der Waals surface area (Å²) >= 11 is 0. The number of benzene rings is 3. The highest BCUT2D eigenvalue weighted by Crippen LogP contribution is 2.49. The number of para-hydroxylation sites is 4. The van der Waals surface area contributed by atoms with Crippen LogP contribution in [0.4, 0.5) is 24.5 Å². The summed E-state index contributed by atoms with van der Waals surface area (Å²) in [5.41, 5.74) is 1.68. The van der Waals surface area contributed by atoms with Crippen LogP contribution in [-0.4, -0.2) is 40.4 Å². The second-order valence-electron chi connectivity index (χ2n) is 10.4. The average Bonchev–Trinajstić information content (AvgIpc) is 3.76. The standard InChI is InChI=1S/C29H30F3N3O4S/c30-29(31,32)39-20-14-16-21(17-15-20)40(37,33-18-19-12-13-19)34-22-6-5-9-25(28(22)36)35-23-7-1-3-10-26(23)38-27-11-4-2-8-24(27)35/h1-4,7-8,10-11,14-17,19,22,25,28,36H,5-6,9,12-13,18H2,(H,33,34,37)/t22-,25+,28+,40?/m0/s1. The van der Waals surface area contributed by atoms with Gasteiger partial charge in [-0.2, -0.15) is 0 Å².